The Morgan fingerprint density at radius 3 is 2.38 bits per heavy atom. The van der Waals surface area contributed by atoms with Gasteiger partial charge in [0.25, 0.3) is 0 Å². The van der Waals surface area contributed by atoms with E-state index in [0.717, 1.165) is 12.8 Å². The number of Topliss-reactive ketones (excluding diaryl/α,β-unsaturated/α-hetero) is 1. The van der Waals surface area contributed by atoms with Gasteiger partial charge in [-0.1, -0.05) is 23.4 Å². The largest absolute Gasteiger partial charge is 0.293 e. The summed E-state index contributed by atoms with van der Waals surface area (Å²) in [7, 11) is -3.47. The number of carbonyl (C=O) groups excluding carboxylic acids is 1. The van der Waals surface area contributed by atoms with Crippen LogP contribution in [0.4, 0.5) is 0 Å². The van der Waals surface area contributed by atoms with Crippen LogP contribution in [0.1, 0.15) is 30.1 Å². The van der Waals surface area contributed by atoms with Crippen LogP contribution in [0.25, 0.3) is 0 Å². The van der Waals surface area contributed by atoms with E-state index in [9.17, 15) is 13.2 Å². The van der Waals surface area contributed by atoms with E-state index < -0.39 is 10.0 Å². The second-order valence-electron chi connectivity index (χ2n) is 6.07. The number of halogens is 1. The van der Waals surface area contributed by atoms with E-state index in [-0.39, 0.29) is 15.9 Å². The highest BCUT2D eigenvalue weighted by atomic mass is 35.5. The lowest BCUT2D eigenvalue weighted by Gasteiger charge is -2.15. The molecule has 0 radical (unpaired) electrons. The van der Waals surface area contributed by atoms with Gasteiger partial charge in [-0.25, -0.2) is 13.4 Å². The van der Waals surface area contributed by atoms with Gasteiger partial charge in [-0.15, -0.1) is 0 Å². The second-order valence-corrected chi connectivity index (χ2v) is 9.81. The molecule has 0 spiro atoms. The number of sulfonamides is 1. The molecule has 8 heteroatoms. The first-order valence-electron chi connectivity index (χ1n) is 8.30. The lowest BCUT2D eigenvalue weighted by molar-refractivity contribution is 0.0994. The van der Waals surface area contributed by atoms with Gasteiger partial charge in [0.1, 0.15) is 4.90 Å². The highest BCUT2D eigenvalue weighted by Crippen LogP contribution is 2.26. The SMILES string of the molecule is C[C@H](Sc1ccc(S(=O)(=O)N2CCCC2)cn1)C(=O)c1ccc(Cl)cc1. The number of benzene rings is 1. The summed E-state index contributed by atoms with van der Waals surface area (Å²) in [6.45, 7) is 2.93. The third-order valence-electron chi connectivity index (χ3n) is 4.21. The summed E-state index contributed by atoms with van der Waals surface area (Å²) in [5.74, 6) is -0.0257. The fourth-order valence-corrected chi connectivity index (χ4v) is 5.20. The molecule has 138 valence electrons. The molecule has 26 heavy (non-hydrogen) atoms. The van der Waals surface area contributed by atoms with E-state index >= 15 is 0 Å². The molecule has 1 aromatic carbocycles. The van der Waals surface area contributed by atoms with Gasteiger partial charge in [-0.2, -0.15) is 4.31 Å². The highest BCUT2D eigenvalue weighted by molar-refractivity contribution is 8.00. The maximum absolute atomic E-state index is 12.5. The average molecular weight is 411 g/mol. The molecule has 1 aliphatic rings. The van der Waals surface area contributed by atoms with Gasteiger partial charge in [-0.3, -0.25) is 4.79 Å². The summed E-state index contributed by atoms with van der Waals surface area (Å²) in [5.41, 5.74) is 0.586. The Bertz CT molecular complexity index is 878. The van der Waals surface area contributed by atoms with Gasteiger partial charge in [-0.05, 0) is 56.2 Å². The second kappa shape index (κ2) is 8.08. The number of hydrogen-bond donors (Lipinski definition) is 0. The van der Waals surface area contributed by atoms with Crippen molar-refractivity contribution in [3.8, 4) is 0 Å². The van der Waals surface area contributed by atoms with Crippen LogP contribution >= 0.6 is 23.4 Å². The van der Waals surface area contributed by atoms with Crippen LogP contribution in [0.5, 0.6) is 0 Å². The molecule has 5 nitrogen and oxygen atoms in total. The number of rotatable bonds is 6. The number of nitrogens with zero attached hydrogens (tertiary/aromatic N) is 2. The number of thioether (sulfide) groups is 1. The Morgan fingerprint density at radius 1 is 1.15 bits per heavy atom. The average Bonchev–Trinajstić information content (AvgIpc) is 3.18. The van der Waals surface area contributed by atoms with Crippen LogP contribution < -0.4 is 0 Å². The fraction of sp³-hybridized carbons (Fsp3) is 0.333. The lowest BCUT2D eigenvalue weighted by Crippen LogP contribution is -2.27. The van der Waals surface area contributed by atoms with E-state index in [1.807, 2.05) is 0 Å². The summed E-state index contributed by atoms with van der Waals surface area (Å²) in [5, 5.41) is 0.850. The molecule has 1 fully saturated rings. The minimum Gasteiger partial charge on any atom is -0.293 e. The molecule has 1 saturated heterocycles. The van der Waals surface area contributed by atoms with Gasteiger partial charge in [0.05, 0.1) is 10.3 Å². The lowest BCUT2D eigenvalue weighted by atomic mass is 10.1. The van der Waals surface area contributed by atoms with Crippen molar-refractivity contribution in [2.45, 2.75) is 34.9 Å². The van der Waals surface area contributed by atoms with Crippen molar-refractivity contribution in [2.24, 2.45) is 0 Å². The van der Waals surface area contributed by atoms with Crippen molar-refractivity contribution >= 4 is 39.2 Å². The van der Waals surface area contributed by atoms with Crippen LogP contribution in [0, 0.1) is 0 Å². The van der Waals surface area contributed by atoms with E-state index in [0.29, 0.717) is 28.7 Å². The summed E-state index contributed by atoms with van der Waals surface area (Å²) >= 11 is 7.15. The number of ketones is 1. The van der Waals surface area contributed by atoms with Crippen molar-refractivity contribution in [1.29, 1.82) is 0 Å². The van der Waals surface area contributed by atoms with Crippen molar-refractivity contribution in [1.82, 2.24) is 9.29 Å². The third kappa shape index (κ3) is 4.28. The summed E-state index contributed by atoms with van der Waals surface area (Å²) < 4.78 is 26.5. The number of carbonyl (C=O) groups is 1. The Labute approximate surface area is 162 Å². The van der Waals surface area contributed by atoms with E-state index in [1.54, 1.807) is 43.3 Å². The number of aromatic nitrogens is 1. The molecule has 0 bridgehead atoms. The van der Waals surface area contributed by atoms with Gasteiger partial charge in [0.2, 0.25) is 10.0 Å². The Kier molecular flexibility index (Phi) is 6.02. The van der Waals surface area contributed by atoms with Crippen LogP contribution in [-0.4, -0.2) is 41.8 Å². The highest BCUT2D eigenvalue weighted by Gasteiger charge is 2.27. The molecule has 0 aliphatic carbocycles. The predicted molar refractivity (Wildman–Crippen MR) is 103 cm³/mol. The van der Waals surface area contributed by atoms with Crippen molar-refractivity contribution in [3.05, 3.63) is 53.2 Å². The van der Waals surface area contributed by atoms with Crippen LogP contribution in [0.3, 0.4) is 0 Å². The molecule has 1 aromatic heterocycles. The maximum Gasteiger partial charge on any atom is 0.244 e. The Balaban J connectivity index is 1.69. The molecule has 1 atom stereocenters. The van der Waals surface area contributed by atoms with Crippen LogP contribution in [-0.2, 0) is 10.0 Å². The number of pyridine rings is 1. The topological polar surface area (TPSA) is 67.3 Å². The molecule has 0 saturated carbocycles. The molecule has 0 N–H and O–H groups in total. The normalized spacial score (nSPS) is 16.5. The molecule has 2 heterocycles. The monoisotopic (exact) mass is 410 g/mol. The smallest absolute Gasteiger partial charge is 0.244 e. The minimum atomic E-state index is -3.47. The van der Waals surface area contributed by atoms with Gasteiger partial charge in [0.15, 0.2) is 5.78 Å². The van der Waals surface area contributed by atoms with Gasteiger partial charge in [0, 0.05) is 29.9 Å². The zero-order valence-corrected chi connectivity index (χ0v) is 16.6. The zero-order chi connectivity index (χ0) is 18.7. The van der Waals surface area contributed by atoms with Crippen LogP contribution in [0.15, 0.2) is 52.5 Å². The first kappa shape index (κ1) is 19.4. The molecule has 0 amide bonds. The number of hydrogen-bond acceptors (Lipinski definition) is 5. The first-order valence-corrected chi connectivity index (χ1v) is 11.0. The fourth-order valence-electron chi connectivity index (χ4n) is 2.75. The summed E-state index contributed by atoms with van der Waals surface area (Å²) in [6.07, 6.45) is 3.16. The van der Waals surface area contributed by atoms with E-state index in [2.05, 4.69) is 4.98 Å². The predicted octanol–water partition coefficient (Wildman–Crippen LogP) is 3.88. The molecule has 3 rings (SSSR count). The third-order valence-corrected chi connectivity index (χ3v) is 7.39. The van der Waals surface area contributed by atoms with Crippen molar-refractivity contribution in [2.75, 3.05) is 13.1 Å². The molecule has 0 unspecified atom stereocenters. The first-order chi connectivity index (χ1) is 12.4. The van der Waals surface area contributed by atoms with E-state index in [4.69, 9.17) is 11.6 Å². The van der Waals surface area contributed by atoms with Crippen molar-refractivity contribution in [3.63, 3.8) is 0 Å². The van der Waals surface area contributed by atoms with E-state index in [1.165, 1.54) is 22.3 Å². The standard InChI is InChI=1S/C18H19ClN2O3S2/c1-13(18(22)14-4-6-15(19)7-5-14)25-17-9-8-16(12-20-17)26(23,24)21-10-2-3-11-21/h4-9,12-13H,2-3,10-11H2,1H3/t13-/m0/s1. The Hall–Kier alpha value is -1.41. The summed E-state index contributed by atoms with van der Waals surface area (Å²) in [4.78, 5) is 16.9. The molecule has 1 aliphatic heterocycles. The van der Waals surface area contributed by atoms with Crippen molar-refractivity contribution < 1.29 is 13.2 Å². The van der Waals surface area contributed by atoms with Gasteiger partial charge >= 0.3 is 0 Å². The molecular formula is C18H19ClN2O3S2. The molecular weight excluding hydrogens is 392 g/mol. The van der Waals surface area contributed by atoms with Crippen LogP contribution in [0.2, 0.25) is 5.02 Å². The summed E-state index contributed by atoms with van der Waals surface area (Å²) in [6, 6.07) is 9.97. The van der Waals surface area contributed by atoms with Gasteiger partial charge < -0.3 is 0 Å². The minimum absolute atomic E-state index is 0.0257. The zero-order valence-electron chi connectivity index (χ0n) is 14.3. The quantitative estimate of drug-likeness (QED) is 0.534. The Morgan fingerprint density at radius 2 is 1.81 bits per heavy atom. The maximum atomic E-state index is 12.5. The molecule has 2 aromatic rings.